The van der Waals surface area contributed by atoms with Gasteiger partial charge in [0.05, 0.1) is 0 Å². The maximum absolute atomic E-state index is 4.19. The Bertz CT molecular complexity index is 2500. The lowest BCUT2D eigenvalue weighted by Crippen LogP contribution is -2.48. The zero-order valence-corrected chi connectivity index (χ0v) is 59.6. The topological polar surface area (TPSA) is 0 Å². The van der Waals surface area contributed by atoms with Gasteiger partial charge in [-0.25, -0.2) is 0 Å². The molecule has 85 heavy (non-hydrogen) atoms. The van der Waals surface area contributed by atoms with Crippen LogP contribution in [0.4, 0.5) is 0 Å². The van der Waals surface area contributed by atoms with Crippen LogP contribution >= 0.6 is 0 Å². The van der Waals surface area contributed by atoms with Crippen molar-refractivity contribution in [3.8, 4) is 0 Å². The molecule has 0 nitrogen and oxygen atoms in total. The van der Waals surface area contributed by atoms with E-state index in [1.165, 1.54) is 149 Å². The molecule has 12 atom stereocenters. The Hall–Kier alpha value is -3.64. The molecule has 0 aromatic heterocycles. The van der Waals surface area contributed by atoms with E-state index < -0.39 is 0 Å². The Morgan fingerprint density at radius 3 is 1.55 bits per heavy atom. The number of rotatable bonds is 8. The van der Waals surface area contributed by atoms with E-state index in [-0.39, 0.29) is 0 Å². The van der Waals surface area contributed by atoms with Crippen molar-refractivity contribution in [1.82, 2.24) is 0 Å². The number of hydrogen-bond donors (Lipinski definition) is 0. The monoisotopic (exact) mass is 1160 g/mol. The highest BCUT2D eigenvalue weighted by Gasteiger charge is 2.60. The van der Waals surface area contributed by atoms with Gasteiger partial charge in [0.25, 0.3) is 0 Å². The smallest absolute Gasteiger partial charge is 0.0116 e. The highest BCUT2D eigenvalue weighted by atomic mass is 14.6. The SMILES string of the molecule is C=C(C)C1CC=C(C)CC1.C=C1C2CCC(C2)C1(C)C.C=C1C=CC(C(C)C)CC1.C=C1CCC2(C(C)C)CC12.C=C1CCC2CC1C2(C)C.C=CC(=C)C.C=CC(=C)CCC=C(C)C.CC1=CCC2C(C1)C2(C)C.CC1=CCC2CC1C2(C)C. The number of fused-ring (bicyclic) bond motifs is 7. The van der Waals surface area contributed by atoms with Crippen molar-refractivity contribution >= 4 is 0 Å². The fourth-order valence-electron chi connectivity index (χ4n) is 16.7. The zero-order valence-electron chi connectivity index (χ0n) is 59.6. The summed E-state index contributed by atoms with van der Waals surface area (Å²) in [4.78, 5) is 0. The first kappa shape index (κ1) is 73.8. The van der Waals surface area contributed by atoms with E-state index in [0.717, 1.165) is 106 Å². The molecule has 0 heteroatoms. The third kappa shape index (κ3) is 19.9. The molecule has 0 saturated heterocycles. The van der Waals surface area contributed by atoms with Crippen molar-refractivity contribution in [3.63, 3.8) is 0 Å². The van der Waals surface area contributed by atoms with E-state index in [9.17, 15) is 0 Å². The van der Waals surface area contributed by atoms with Gasteiger partial charge in [-0.3, -0.25) is 0 Å². The molecule has 0 radical (unpaired) electrons. The van der Waals surface area contributed by atoms with Crippen LogP contribution in [0.2, 0.25) is 0 Å². The fraction of sp³-hybridized carbons (Fsp3) is 0.671. The first-order chi connectivity index (χ1) is 39.5. The summed E-state index contributed by atoms with van der Waals surface area (Å²) in [6.45, 7) is 78.3. The second-order valence-corrected chi connectivity index (χ2v) is 32.8. The molecule has 6 bridgehead atoms. The molecule has 476 valence electrons. The van der Waals surface area contributed by atoms with Crippen LogP contribution in [0.1, 0.15) is 260 Å². The van der Waals surface area contributed by atoms with Crippen LogP contribution in [0.5, 0.6) is 0 Å². The van der Waals surface area contributed by atoms with Gasteiger partial charge in [0.1, 0.15) is 0 Å². The molecular weight excluding hydrogens is 1020 g/mol. The largest absolute Gasteiger partial charge is 0.0998 e. The molecule has 0 aromatic carbocycles. The van der Waals surface area contributed by atoms with Crippen LogP contribution in [0.25, 0.3) is 0 Å². The predicted molar refractivity (Wildman–Crippen MR) is 384 cm³/mol. The van der Waals surface area contributed by atoms with Gasteiger partial charge < -0.3 is 0 Å². The molecular formula is C85H136. The highest BCUT2D eigenvalue weighted by Crippen LogP contribution is 2.69. The number of allylic oxidation sites excluding steroid dienone is 19. The Labute approximate surface area is 530 Å². The third-order valence-electron chi connectivity index (χ3n) is 24.7. The van der Waals surface area contributed by atoms with Crippen LogP contribution in [0, 0.1) is 104 Å². The lowest BCUT2D eigenvalue weighted by molar-refractivity contribution is -0.0273. The maximum atomic E-state index is 4.19. The van der Waals surface area contributed by atoms with E-state index in [1.807, 2.05) is 13.0 Å². The molecule has 0 spiro atoms. The summed E-state index contributed by atoms with van der Waals surface area (Å²) in [7, 11) is 0. The van der Waals surface area contributed by atoms with E-state index in [4.69, 9.17) is 0 Å². The summed E-state index contributed by atoms with van der Waals surface area (Å²) < 4.78 is 0. The van der Waals surface area contributed by atoms with Crippen LogP contribution < -0.4 is 0 Å². The van der Waals surface area contributed by atoms with Gasteiger partial charge in [-0.05, 0) is 281 Å². The second-order valence-electron chi connectivity index (χ2n) is 32.8. The zero-order chi connectivity index (χ0) is 64.2. The second kappa shape index (κ2) is 31.7. The van der Waals surface area contributed by atoms with Crippen molar-refractivity contribution in [3.05, 3.63) is 169 Å². The van der Waals surface area contributed by atoms with E-state index in [2.05, 4.69) is 220 Å². The molecule has 0 aliphatic heterocycles. The third-order valence-corrected chi connectivity index (χ3v) is 24.7. The molecule has 14 aliphatic carbocycles. The van der Waals surface area contributed by atoms with E-state index in [0.29, 0.717) is 21.7 Å². The van der Waals surface area contributed by atoms with Crippen LogP contribution in [0.15, 0.2) is 169 Å². The van der Waals surface area contributed by atoms with Crippen LogP contribution in [-0.4, -0.2) is 0 Å². The van der Waals surface area contributed by atoms with E-state index >= 15 is 0 Å². The van der Waals surface area contributed by atoms with Crippen LogP contribution in [-0.2, 0) is 0 Å². The normalized spacial score (nSPS) is 32.7. The van der Waals surface area contributed by atoms with E-state index in [1.54, 1.807) is 22.8 Å². The molecule has 14 rings (SSSR count). The van der Waals surface area contributed by atoms with Crippen molar-refractivity contribution in [1.29, 1.82) is 0 Å². The van der Waals surface area contributed by atoms with Gasteiger partial charge in [0.15, 0.2) is 0 Å². The molecule has 12 unspecified atom stereocenters. The van der Waals surface area contributed by atoms with Crippen molar-refractivity contribution in [2.75, 3.05) is 0 Å². The van der Waals surface area contributed by atoms with Gasteiger partial charge in [-0.15, -0.1) is 0 Å². The predicted octanol–water partition coefficient (Wildman–Crippen LogP) is 26.7. The van der Waals surface area contributed by atoms with Gasteiger partial charge in [0.2, 0.25) is 0 Å². The summed E-state index contributed by atoms with van der Waals surface area (Å²) in [5.74, 6) is 11.9. The van der Waals surface area contributed by atoms with Gasteiger partial charge in [-0.1, -0.05) is 252 Å². The molecule has 0 aromatic rings. The van der Waals surface area contributed by atoms with Crippen molar-refractivity contribution < 1.29 is 0 Å². The Morgan fingerprint density at radius 2 is 1.22 bits per heavy atom. The van der Waals surface area contributed by atoms with Gasteiger partial charge >= 0.3 is 0 Å². The Kier molecular flexibility index (Phi) is 27.5. The molecule has 0 N–H and O–H groups in total. The molecule has 0 amide bonds. The Morgan fingerprint density at radius 1 is 0.612 bits per heavy atom. The minimum absolute atomic E-state index is 0.475. The summed E-state index contributed by atoms with van der Waals surface area (Å²) in [5, 5.41) is 0. The average Bonchev–Trinajstić information content (AvgIpc) is 2.00. The summed E-state index contributed by atoms with van der Waals surface area (Å²) in [6, 6.07) is 0. The quantitative estimate of drug-likeness (QED) is 0.168. The van der Waals surface area contributed by atoms with Crippen molar-refractivity contribution in [2.24, 2.45) is 104 Å². The Balaban J connectivity index is 0.000000206. The van der Waals surface area contributed by atoms with Crippen LogP contribution in [0.3, 0.4) is 0 Å². The summed E-state index contributed by atoms with van der Waals surface area (Å²) >= 11 is 0. The minimum atomic E-state index is 0.475. The van der Waals surface area contributed by atoms with Gasteiger partial charge in [-0.2, -0.15) is 0 Å². The molecule has 9 saturated carbocycles. The first-order valence-corrected chi connectivity index (χ1v) is 34.7. The molecule has 0 heterocycles. The average molecular weight is 1160 g/mol. The molecule has 9 fully saturated rings. The first-order valence-electron chi connectivity index (χ1n) is 34.7. The standard InChI is InChI=1S/8C10H16.C5H8/c1-7-8-4-5-9(6-8)10(7,2)3;2*1-7-4-5-8-6-9(7)10(8,2)3;1-7-4-5-8-9(6-7)10(8,2)3;1-7(2)10-5-4-8(3)9(10)6-10;2*1-8(2)10-6-4-9(3)5-7-10;1-5-10(4)8-6-7-9(2)3;1-4-5(2)3/h8-9H,1,4-6H2,2-3H3;4,8-9H,5-6H2,1-3H3;8-9H,1,4-6H2,2-3H3;4,8-9H,5-6H2,1-3H3;7,9H,3-6H2,1-2H3;4,6,8,10H,3,5,7H2,1-2H3;4,10H,1,5-7H2,2-3H3;5,7H,1,4,6,8H2,2-3H3;4H,1-2H2,3H3. The lowest BCUT2D eigenvalue weighted by atomic mass is 9.47. The molecule has 14 aliphatic rings. The number of hydrogen-bond acceptors (Lipinski definition) is 0. The minimum Gasteiger partial charge on any atom is -0.0998 e. The van der Waals surface area contributed by atoms with Crippen molar-refractivity contribution in [2.45, 2.75) is 260 Å². The fourth-order valence-corrected chi connectivity index (χ4v) is 16.7. The maximum Gasteiger partial charge on any atom is -0.0116 e. The summed E-state index contributed by atoms with van der Waals surface area (Å²) in [5.41, 5.74) is 18.7. The summed E-state index contributed by atoms with van der Waals surface area (Å²) in [6.07, 6.45) is 44.1. The van der Waals surface area contributed by atoms with Gasteiger partial charge in [0, 0.05) is 0 Å². The highest BCUT2D eigenvalue weighted by molar-refractivity contribution is 5.27. The lowest BCUT2D eigenvalue weighted by Gasteiger charge is -2.57.